The Morgan fingerprint density at radius 1 is 0.907 bits per heavy atom. The van der Waals surface area contributed by atoms with Gasteiger partial charge in [0.1, 0.15) is 5.75 Å². The van der Waals surface area contributed by atoms with Crippen LogP contribution in [0, 0.1) is 0 Å². The highest BCUT2D eigenvalue weighted by Crippen LogP contribution is 2.43. The van der Waals surface area contributed by atoms with Gasteiger partial charge in [-0.15, -0.1) is 0 Å². The summed E-state index contributed by atoms with van der Waals surface area (Å²) in [5.74, 6) is 0.859. The van der Waals surface area contributed by atoms with Gasteiger partial charge in [0.15, 0.2) is 11.6 Å². The molecule has 0 saturated carbocycles. The molecule has 0 spiro atoms. The molecule has 222 valence electrons. The average molecular weight is 727 g/mol. The predicted octanol–water partition coefficient (Wildman–Crippen LogP) is 7.48. The number of ether oxygens (including phenoxy) is 2. The molecule has 0 saturated heterocycles. The van der Waals surface area contributed by atoms with Gasteiger partial charge in [-0.3, -0.25) is 4.79 Å². The van der Waals surface area contributed by atoms with Crippen LogP contribution >= 0.6 is 43.5 Å². The van der Waals surface area contributed by atoms with Crippen LogP contribution in [0.1, 0.15) is 34.8 Å². The molecule has 0 aromatic heterocycles. The van der Waals surface area contributed by atoms with E-state index in [0.717, 1.165) is 31.2 Å². The van der Waals surface area contributed by atoms with Crippen LogP contribution in [0.2, 0.25) is 5.02 Å². The number of hydrogen-bond donors (Lipinski definition) is 2. The van der Waals surface area contributed by atoms with Crippen molar-refractivity contribution in [3.8, 4) is 5.75 Å². The highest BCUT2D eigenvalue weighted by Gasteiger charge is 2.53. The van der Waals surface area contributed by atoms with Crippen molar-refractivity contribution in [2.24, 2.45) is 4.99 Å². The maximum Gasteiger partial charge on any atom is 0.252 e. The number of aliphatic hydroxyl groups is 1. The number of nitrogens with one attached hydrogen (secondary N) is 1. The minimum absolute atomic E-state index is 0.0718. The molecule has 2 atom stereocenters. The van der Waals surface area contributed by atoms with Crippen LogP contribution < -0.4 is 10.1 Å². The van der Waals surface area contributed by atoms with Crippen molar-refractivity contribution in [2.75, 3.05) is 19.8 Å². The fourth-order valence-corrected chi connectivity index (χ4v) is 5.61. The molecule has 1 amide bonds. The number of aliphatic hydroxyl groups excluding tert-OH is 1. The molecule has 1 aliphatic rings. The summed E-state index contributed by atoms with van der Waals surface area (Å²) in [5, 5.41) is 12.9. The van der Waals surface area contributed by atoms with Gasteiger partial charge < -0.3 is 19.9 Å². The van der Waals surface area contributed by atoms with Gasteiger partial charge in [-0.2, -0.15) is 0 Å². The molecule has 0 aliphatic carbocycles. The number of rotatable bonds is 12. The van der Waals surface area contributed by atoms with Crippen LogP contribution in [-0.4, -0.2) is 42.2 Å². The first-order valence-corrected chi connectivity index (χ1v) is 16.0. The van der Waals surface area contributed by atoms with E-state index in [2.05, 4.69) is 37.2 Å². The van der Waals surface area contributed by atoms with E-state index in [4.69, 9.17) is 31.2 Å². The van der Waals surface area contributed by atoms with Crippen LogP contribution in [-0.2, 0) is 22.4 Å². The van der Waals surface area contributed by atoms with Gasteiger partial charge in [0, 0.05) is 45.5 Å². The van der Waals surface area contributed by atoms with Gasteiger partial charge in [-0.05, 0) is 83.8 Å². The Morgan fingerprint density at radius 3 is 2.19 bits per heavy atom. The molecular formula is C34H31Br2ClN2O4. The summed E-state index contributed by atoms with van der Waals surface area (Å²) in [6.07, 6.45) is 0.864. The van der Waals surface area contributed by atoms with Gasteiger partial charge in [-0.25, -0.2) is 4.99 Å². The molecule has 5 rings (SSSR count). The summed E-state index contributed by atoms with van der Waals surface area (Å²) in [6.45, 7) is 0.925. The number of carbonyl (C=O) groups is 1. The molecule has 2 N–H and O–H groups in total. The Kier molecular flexibility index (Phi) is 10.6. The molecule has 9 heteroatoms. The Bertz CT molecular complexity index is 1550. The van der Waals surface area contributed by atoms with Crippen LogP contribution in [0.3, 0.4) is 0 Å². The molecule has 4 aromatic rings. The molecule has 1 heterocycles. The first-order valence-electron chi connectivity index (χ1n) is 14.0. The van der Waals surface area contributed by atoms with Crippen LogP contribution in [0.25, 0.3) is 0 Å². The lowest BCUT2D eigenvalue weighted by atomic mass is 9.82. The first-order chi connectivity index (χ1) is 20.9. The Hall–Kier alpha value is -3.17. The fourth-order valence-electron chi connectivity index (χ4n) is 4.96. The number of nitrogens with zero attached hydrogens (tertiary/aromatic N) is 1. The molecule has 6 nitrogen and oxygen atoms in total. The van der Waals surface area contributed by atoms with Crippen molar-refractivity contribution < 1.29 is 19.4 Å². The van der Waals surface area contributed by atoms with E-state index in [9.17, 15) is 4.79 Å². The number of amides is 1. The van der Waals surface area contributed by atoms with Crippen molar-refractivity contribution in [2.45, 2.75) is 30.9 Å². The summed E-state index contributed by atoms with van der Waals surface area (Å²) in [4.78, 5) is 19.4. The second-order valence-electron chi connectivity index (χ2n) is 10.3. The number of carbonyl (C=O) groups excluding carboxylic acids is 1. The third-order valence-corrected chi connectivity index (χ3v) is 8.51. The number of halogens is 3. The summed E-state index contributed by atoms with van der Waals surface area (Å²) in [6, 6.07) is 30.8. The van der Waals surface area contributed by atoms with Crippen LogP contribution in [0.4, 0.5) is 0 Å². The van der Waals surface area contributed by atoms with E-state index in [1.165, 1.54) is 0 Å². The third-order valence-electron chi connectivity index (χ3n) is 7.20. The summed E-state index contributed by atoms with van der Waals surface area (Å²) >= 11 is 13.1. The highest BCUT2D eigenvalue weighted by molar-refractivity contribution is 9.10. The quantitative estimate of drug-likeness (QED) is 0.149. The Morgan fingerprint density at radius 2 is 1.53 bits per heavy atom. The molecule has 4 aromatic carbocycles. The Labute approximate surface area is 273 Å². The van der Waals surface area contributed by atoms with Crippen molar-refractivity contribution in [3.05, 3.63) is 133 Å². The third kappa shape index (κ3) is 7.87. The predicted molar refractivity (Wildman–Crippen MR) is 177 cm³/mol. The van der Waals surface area contributed by atoms with E-state index < -0.39 is 11.6 Å². The van der Waals surface area contributed by atoms with Crippen LogP contribution in [0.15, 0.2) is 111 Å². The normalized spacial score (nSPS) is 17.7. The fraction of sp³-hybridized carbons (Fsp3) is 0.235. The van der Waals surface area contributed by atoms with Crippen molar-refractivity contribution in [1.29, 1.82) is 0 Å². The zero-order chi connectivity index (χ0) is 30.2. The number of benzene rings is 4. The highest BCUT2D eigenvalue weighted by atomic mass is 79.9. The minimum Gasteiger partial charge on any atom is -0.494 e. The second-order valence-corrected chi connectivity index (χ2v) is 12.5. The summed E-state index contributed by atoms with van der Waals surface area (Å²) < 4.78 is 14.2. The Balaban J connectivity index is 1.50. The van der Waals surface area contributed by atoms with E-state index in [0.29, 0.717) is 49.1 Å². The monoisotopic (exact) mass is 724 g/mol. The van der Waals surface area contributed by atoms with Crippen LogP contribution in [0.5, 0.6) is 5.75 Å². The zero-order valence-electron chi connectivity index (χ0n) is 23.3. The lowest BCUT2D eigenvalue weighted by Gasteiger charge is -2.31. The minimum atomic E-state index is -1.27. The molecular weight excluding hydrogens is 696 g/mol. The molecule has 0 bridgehead atoms. The number of hydrogen-bond acceptors (Lipinski definition) is 5. The van der Waals surface area contributed by atoms with Gasteiger partial charge >= 0.3 is 0 Å². The second kappa shape index (κ2) is 14.5. The maximum atomic E-state index is 14.3. The summed E-state index contributed by atoms with van der Waals surface area (Å²) in [7, 11) is 0. The van der Waals surface area contributed by atoms with Gasteiger partial charge in [0.05, 0.1) is 6.61 Å². The topological polar surface area (TPSA) is 80.2 Å². The first kappa shape index (κ1) is 31.3. The van der Waals surface area contributed by atoms with Crippen molar-refractivity contribution in [1.82, 2.24) is 5.32 Å². The smallest absolute Gasteiger partial charge is 0.252 e. The van der Waals surface area contributed by atoms with Crippen molar-refractivity contribution >= 4 is 55.3 Å². The van der Waals surface area contributed by atoms with Crippen molar-refractivity contribution in [3.63, 3.8) is 0 Å². The SMILES string of the molecule is O=C(NCCc1ccc(Cl)cc1)[C@]1(Cc2ccc(Br)cc2)N=C(c2ccc(OCCCO)cc2)O[C@@H]1c1ccc(Br)cc1. The molecule has 43 heavy (non-hydrogen) atoms. The van der Waals surface area contributed by atoms with E-state index in [1.807, 2.05) is 97.1 Å². The summed E-state index contributed by atoms with van der Waals surface area (Å²) in [5.41, 5.74) is 2.34. The largest absolute Gasteiger partial charge is 0.494 e. The molecule has 1 aliphatic heterocycles. The van der Waals surface area contributed by atoms with Gasteiger partial charge in [0.25, 0.3) is 5.91 Å². The maximum absolute atomic E-state index is 14.3. The van der Waals surface area contributed by atoms with E-state index in [-0.39, 0.29) is 12.5 Å². The van der Waals surface area contributed by atoms with E-state index >= 15 is 0 Å². The van der Waals surface area contributed by atoms with Gasteiger partial charge in [0.2, 0.25) is 5.90 Å². The molecule has 0 unspecified atom stereocenters. The molecule has 0 radical (unpaired) electrons. The average Bonchev–Trinajstić information content (AvgIpc) is 3.40. The lowest BCUT2D eigenvalue weighted by Crippen LogP contribution is -2.50. The van der Waals surface area contributed by atoms with E-state index in [1.54, 1.807) is 0 Å². The van der Waals surface area contributed by atoms with Gasteiger partial charge in [-0.1, -0.05) is 79.9 Å². The standard InChI is InChI=1S/C34H31Br2ClN2O4/c35-27-10-2-24(3-11-27)22-34(33(41)38-19-18-23-4-14-29(37)15-5-23)31(25-6-12-28(36)13-7-25)43-32(39-34)26-8-16-30(17-9-26)42-21-1-20-40/h2-17,31,40H,1,18-22H2,(H,38,41)/t31-,34-/m1/s1. The lowest BCUT2D eigenvalue weighted by molar-refractivity contribution is -0.128. The molecule has 0 fully saturated rings. The number of aliphatic imine (C=N–C) groups is 1. The zero-order valence-corrected chi connectivity index (χ0v) is 27.2.